The molecular weight excluding hydrogens is 472 g/mol. The highest BCUT2D eigenvalue weighted by atomic mass is 16.6. The van der Waals surface area contributed by atoms with Gasteiger partial charge in [0.25, 0.3) is 11.8 Å². The normalized spacial score (nSPS) is 14.1. The van der Waals surface area contributed by atoms with E-state index in [4.69, 9.17) is 18.9 Å². The predicted octanol–water partition coefficient (Wildman–Crippen LogP) is 4.33. The van der Waals surface area contributed by atoms with Crippen LogP contribution in [0.2, 0.25) is 0 Å². The lowest BCUT2D eigenvalue weighted by Gasteiger charge is -2.14. The molecule has 0 saturated carbocycles. The van der Waals surface area contributed by atoms with Crippen molar-refractivity contribution in [2.45, 2.75) is 13.8 Å². The molecule has 1 fully saturated rings. The van der Waals surface area contributed by atoms with Crippen LogP contribution in [-0.2, 0) is 14.3 Å². The highest BCUT2D eigenvalue weighted by Gasteiger charge is 2.34. The van der Waals surface area contributed by atoms with Gasteiger partial charge < -0.3 is 18.9 Å². The van der Waals surface area contributed by atoms with Crippen LogP contribution in [0, 0.1) is 6.92 Å². The number of nitrogens with one attached hydrogen (secondary N) is 1. The standard InChI is InChI=1S/C29H30N2O6/c1-3-35-27-20-22(19-25-28(32)30-31(29(25)33)23-7-5-4-6-8-23)11-14-26(27)37-18-16-34-15-17-36-24-12-9-21(2)10-13-24/h4-14,19-20H,3,15-18H2,1-2H3,(H,30,32)/b25-19+. The van der Waals surface area contributed by atoms with Crippen LogP contribution >= 0.6 is 0 Å². The molecule has 3 aromatic carbocycles. The molecule has 192 valence electrons. The van der Waals surface area contributed by atoms with Gasteiger partial charge in [-0.2, -0.15) is 0 Å². The van der Waals surface area contributed by atoms with E-state index >= 15 is 0 Å². The van der Waals surface area contributed by atoms with Crippen molar-refractivity contribution in [2.24, 2.45) is 0 Å². The van der Waals surface area contributed by atoms with Gasteiger partial charge in [-0.15, -0.1) is 0 Å². The number of para-hydroxylation sites is 1. The molecular formula is C29H30N2O6. The molecule has 0 radical (unpaired) electrons. The van der Waals surface area contributed by atoms with Gasteiger partial charge in [0, 0.05) is 0 Å². The quantitative estimate of drug-likeness (QED) is 0.225. The summed E-state index contributed by atoms with van der Waals surface area (Å²) in [5, 5.41) is 1.24. The van der Waals surface area contributed by atoms with E-state index in [1.165, 1.54) is 10.6 Å². The van der Waals surface area contributed by atoms with E-state index in [9.17, 15) is 9.59 Å². The molecule has 1 N–H and O–H groups in total. The third-order valence-electron chi connectivity index (χ3n) is 5.49. The van der Waals surface area contributed by atoms with Crippen molar-refractivity contribution in [1.29, 1.82) is 0 Å². The molecule has 0 spiro atoms. The number of amides is 2. The van der Waals surface area contributed by atoms with Crippen LogP contribution in [0.1, 0.15) is 18.1 Å². The topological polar surface area (TPSA) is 86.3 Å². The molecule has 0 atom stereocenters. The van der Waals surface area contributed by atoms with Crippen molar-refractivity contribution in [1.82, 2.24) is 5.43 Å². The van der Waals surface area contributed by atoms with Gasteiger partial charge in [-0.1, -0.05) is 42.0 Å². The predicted molar refractivity (Wildman–Crippen MR) is 141 cm³/mol. The molecule has 4 rings (SSSR count). The average Bonchev–Trinajstić information content (AvgIpc) is 3.19. The Balaban J connectivity index is 1.30. The summed E-state index contributed by atoms with van der Waals surface area (Å²) in [7, 11) is 0. The Labute approximate surface area is 216 Å². The molecule has 8 nitrogen and oxygen atoms in total. The minimum absolute atomic E-state index is 0.0428. The van der Waals surface area contributed by atoms with Crippen molar-refractivity contribution < 1.29 is 28.5 Å². The number of carbonyl (C=O) groups is 2. The fourth-order valence-electron chi connectivity index (χ4n) is 3.65. The Bertz CT molecular complexity index is 1240. The Morgan fingerprint density at radius 3 is 2.27 bits per heavy atom. The number of anilines is 1. The van der Waals surface area contributed by atoms with E-state index in [1.807, 2.05) is 44.2 Å². The first-order chi connectivity index (χ1) is 18.0. The Kier molecular flexibility index (Phi) is 8.78. The number of hydrogen-bond donors (Lipinski definition) is 1. The molecule has 3 aromatic rings. The summed E-state index contributed by atoms with van der Waals surface area (Å²) >= 11 is 0. The van der Waals surface area contributed by atoms with Gasteiger partial charge in [0.05, 0.1) is 25.5 Å². The Morgan fingerprint density at radius 2 is 1.54 bits per heavy atom. The van der Waals surface area contributed by atoms with E-state index in [1.54, 1.807) is 48.5 Å². The van der Waals surface area contributed by atoms with Crippen LogP contribution in [0.3, 0.4) is 0 Å². The van der Waals surface area contributed by atoms with Gasteiger partial charge in [0.1, 0.15) is 24.5 Å². The van der Waals surface area contributed by atoms with Crippen LogP contribution < -0.4 is 24.6 Å². The maximum absolute atomic E-state index is 12.8. The number of hydrogen-bond acceptors (Lipinski definition) is 6. The number of nitrogens with zero attached hydrogens (tertiary/aromatic N) is 1. The van der Waals surface area contributed by atoms with E-state index in [2.05, 4.69) is 5.43 Å². The zero-order chi connectivity index (χ0) is 26.0. The summed E-state index contributed by atoms with van der Waals surface area (Å²) in [4.78, 5) is 25.3. The average molecular weight is 503 g/mol. The molecule has 0 bridgehead atoms. The molecule has 2 amide bonds. The van der Waals surface area contributed by atoms with Crippen molar-refractivity contribution in [2.75, 3.05) is 38.0 Å². The van der Waals surface area contributed by atoms with Gasteiger partial charge in [0.15, 0.2) is 11.5 Å². The summed E-state index contributed by atoms with van der Waals surface area (Å²) in [6, 6.07) is 22.1. The second-order valence-electron chi connectivity index (χ2n) is 8.24. The summed E-state index contributed by atoms with van der Waals surface area (Å²) in [5.41, 5.74) is 5.06. The molecule has 1 aliphatic rings. The van der Waals surface area contributed by atoms with Gasteiger partial charge in [-0.05, 0) is 61.9 Å². The third-order valence-corrected chi connectivity index (χ3v) is 5.49. The summed E-state index contributed by atoms with van der Waals surface area (Å²) in [5.74, 6) is 1.00. The van der Waals surface area contributed by atoms with Crippen LogP contribution in [0.15, 0.2) is 78.4 Å². The second kappa shape index (κ2) is 12.6. The third kappa shape index (κ3) is 6.89. The summed E-state index contributed by atoms with van der Waals surface area (Å²) < 4.78 is 22.8. The highest BCUT2D eigenvalue weighted by molar-refractivity contribution is 6.31. The first kappa shape index (κ1) is 25.8. The second-order valence-corrected chi connectivity index (χ2v) is 8.24. The number of ether oxygens (including phenoxy) is 4. The minimum atomic E-state index is -0.462. The summed E-state index contributed by atoms with van der Waals surface area (Å²) in [6.07, 6.45) is 1.55. The van der Waals surface area contributed by atoms with Crippen LogP contribution in [0.5, 0.6) is 17.2 Å². The molecule has 8 heteroatoms. The maximum atomic E-state index is 12.8. The van der Waals surface area contributed by atoms with E-state index < -0.39 is 11.8 Å². The molecule has 37 heavy (non-hydrogen) atoms. The smallest absolute Gasteiger partial charge is 0.282 e. The van der Waals surface area contributed by atoms with E-state index in [0.717, 1.165) is 5.75 Å². The number of carbonyl (C=O) groups excluding carboxylic acids is 2. The SMILES string of the molecule is CCOc1cc(/C=C2\C(=O)NN(c3ccccc3)C2=O)ccc1OCCOCCOc1ccc(C)cc1. The van der Waals surface area contributed by atoms with Crippen molar-refractivity contribution >= 4 is 23.6 Å². The number of rotatable bonds is 12. The first-order valence-corrected chi connectivity index (χ1v) is 12.1. The van der Waals surface area contributed by atoms with Crippen molar-refractivity contribution in [3.05, 3.63) is 89.5 Å². The largest absolute Gasteiger partial charge is 0.491 e. The van der Waals surface area contributed by atoms with Gasteiger partial charge in [0.2, 0.25) is 0 Å². The molecule has 1 saturated heterocycles. The number of aryl methyl sites for hydroxylation is 1. The molecule has 1 heterocycles. The molecule has 1 aliphatic heterocycles. The van der Waals surface area contributed by atoms with Crippen LogP contribution in [0.25, 0.3) is 6.08 Å². The molecule has 0 aromatic heterocycles. The van der Waals surface area contributed by atoms with Crippen molar-refractivity contribution in [3.63, 3.8) is 0 Å². The van der Waals surface area contributed by atoms with Crippen molar-refractivity contribution in [3.8, 4) is 17.2 Å². The fraction of sp³-hybridized carbons (Fsp3) is 0.241. The number of benzene rings is 3. The summed E-state index contributed by atoms with van der Waals surface area (Å²) in [6.45, 7) is 5.95. The molecule has 0 unspecified atom stereocenters. The Morgan fingerprint density at radius 1 is 0.811 bits per heavy atom. The number of hydrazine groups is 1. The zero-order valence-electron chi connectivity index (χ0n) is 20.9. The minimum Gasteiger partial charge on any atom is -0.491 e. The van der Waals surface area contributed by atoms with Crippen LogP contribution in [0.4, 0.5) is 5.69 Å². The maximum Gasteiger partial charge on any atom is 0.282 e. The van der Waals surface area contributed by atoms with Gasteiger partial charge in [-0.25, -0.2) is 5.01 Å². The lowest BCUT2D eigenvalue weighted by molar-refractivity contribution is -0.117. The highest BCUT2D eigenvalue weighted by Crippen LogP contribution is 2.30. The molecule has 0 aliphatic carbocycles. The van der Waals surface area contributed by atoms with Crippen LogP contribution in [-0.4, -0.2) is 44.8 Å². The fourth-order valence-corrected chi connectivity index (χ4v) is 3.65. The monoisotopic (exact) mass is 502 g/mol. The van der Waals surface area contributed by atoms with Gasteiger partial charge in [-0.3, -0.25) is 15.0 Å². The first-order valence-electron chi connectivity index (χ1n) is 12.1. The Hall–Kier alpha value is -4.30. The lowest BCUT2D eigenvalue weighted by Crippen LogP contribution is -2.35. The van der Waals surface area contributed by atoms with E-state index in [0.29, 0.717) is 55.8 Å². The van der Waals surface area contributed by atoms with Gasteiger partial charge >= 0.3 is 0 Å². The zero-order valence-corrected chi connectivity index (χ0v) is 20.9. The van der Waals surface area contributed by atoms with E-state index in [-0.39, 0.29) is 5.57 Å². The lowest BCUT2D eigenvalue weighted by atomic mass is 10.1.